The second-order valence-corrected chi connectivity index (χ2v) is 8.21. The van der Waals surface area contributed by atoms with Crippen LogP contribution in [0, 0.1) is 6.92 Å². The first kappa shape index (κ1) is 20.7. The third-order valence-corrected chi connectivity index (χ3v) is 6.00. The van der Waals surface area contributed by atoms with Gasteiger partial charge in [0.1, 0.15) is 17.1 Å². The Labute approximate surface area is 189 Å². The number of rotatable bonds is 5. The molecule has 10 heteroatoms. The number of pyridine rings is 2. The summed E-state index contributed by atoms with van der Waals surface area (Å²) in [5.41, 5.74) is 11.1. The van der Waals surface area contributed by atoms with E-state index >= 15 is 0 Å². The Hall–Kier alpha value is -3.14. The predicted molar refractivity (Wildman–Crippen MR) is 122 cm³/mol. The number of fused-ring (bicyclic) bond motifs is 2. The molecular weight excluding hydrogens is 430 g/mol. The monoisotopic (exact) mass is 453 g/mol. The van der Waals surface area contributed by atoms with Gasteiger partial charge >= 0.3 is 0 Å². The number of hydrogen-bond acceptors (Lipinski definition) is 7. The van der Waals surface area contributed by atoms with Crippen LogP contribution in [0.5, 0.6) is 5.75 Å². The van der Waals surface area contributed by atoms with Gasteiger partial charge in [0.15, 0.2) is 6.10 Å². The van der Waals surface area contributed by atoms with Crippen LogP contribution in [0.4, 0.5) is 5.82 Å². The molecule has 4 aromatic rings. The van der Waals surface area contributed by atoms with E-state index in [2.05, 4.69) is 27.0 Å². The molecule has 0 bridgehead atoms. The first-order valence-electron chi connectivity index (χ1n) is 10.5. The number of nitrogen functional groups attached to an aromatic ring is 1. The normalized spacial score (nSPS) is 14.8. The lowest BCUT2D eigenvalue weighted by Gasteiger charge is -2.18. The van der Waals surface area contributed by atoms with Crippen molar-refractivity contribution in [3.8, 4) is 17.0 Å². The maximum absolute atomic E-state index is 10.0. The highest BCUT2D eigenvalue weighted by atomic mass is 35.5. The summed E-state index contributed by atoms with van der Waals surface area (Å²) < 4.78 is 9.97. The van der Waals surface area contributed by atoms with Gasteiger partial charge in [0.25, 0.3) is 0 Å². The van der Waals surface area contributed by atoms with E-state index in [0.29, 0.717) is 27.8 Å². The fourth-order valence-electron chi connectivity index (χ4n) is 4.14. The maximum atomic E-state index is 10.0. The largest absolute Gasteiger partial charge is 0.479 e. The van der Waals surface area contributed by atoms with Crippen LogP contribution >= 0.6 is 11.6 Å². The van der Waals surface area contributed by atoms with Gasteiger partial charge in [-0.2, -0.15) is 10.2 Å². The number of anilines is 1. The van der Waals surface area contributed by atoms with Crippen LogP contribution in [0.2, 0.25) is 5.02 Å². The van der Waals surface area contributed by atoms with E-state index in [1.165, 1.54) is 5.69 Å². The lowest BCUT2D eigenvalue weighted by molar-refractivity contribution is 0.114. The molecule has 0 radical (unpaired) electrons. The molecule has 0 saturated carbocycles. The van der Waals surface area contributed by atoms with Crippen molar-refractivity contribution in [1.29, 1.82) is 0 Å². The summed E-state index contributed by atoms with van der Waals surface area (Å²) in [5.74, 6) is 0.841. The molecule has 0 saturated heterocycles. The van der Waals surface area contributed by atoms with E-state index in [4.69, 9.17) is 27.2 Å². The second-order valence-electron chi connectivity index (χ2n) is 7.80. The molecule has 0 aromatic carbocycles. The van der Waals surface area contributed by atoms with E-state index in [-0.39, 0.29) is 6.61 Å². The van der Waals surface area contributed by atoms with Crippen LogP contribution in [0.15, 0.2) is 36.7 Å². The number of nitrogens with zero attached hydrogens (tertiary/aromatic N) is 5. The molecule has 5 heterocycles. The Morgan fingerprint density at radius 3 is 3.03 bits per heavy atom. The highest BCUT2D eigenvalue weighted by Crippen LogP contribution is 2.35. The number of ether oxygens (including phenoxy) is 1. The lowest BCUT2D eigenvalue weighted by atomic mass is 10.1. The van der Waals surface area contributed by atoms with Gasteiger partial charge in [-0.25, -0.2) is 9.50 Å². The molecule has 166 valence electrons. The third-order valence-electron chi connectivity index (χ3n) is 5.72. The SMILES string of the molecule is Cc1c(-c2cc(OC(CO)c3cccc(N)n3)c3c(Cl)cnn3c2)nn2c1CCNCC2. The van der Waals surface area contributed by atoms with Crippen LogP contribution in [0.3, 0.4) is 0 Å². The Morgan fingerprint density at radius 2 is 2.22 bits per heavy atom. The molecule has 1 aliphatic heterocycles. The van der Waals surface area contributed by atoms with Crippen molar-refractivity contribution in [2.24, 2.45) is 0 Å². The molecule has 0 fully saturated rings. The molecule has 1 aliphatic rings. The van der Waals surface area contributed by atoms with E-state index in [0.717, 1.165) is 42.9 Å². The van der Waals surface area contributed by atoms with E-state index in [1.807, 2.05) is 12.3 Å². The minimum Gasteiger partial charge on any atom is -0.479 e. The van der Waals surface area contributed by atoms with E-state index in [1.54, 1.807) is 28.9 Å². The highest BCUT2D eigenvalue weighted by molar-refractivity contribution is 6.34. The number of hydrogen-bond donors (Lipinski definition) is 3. The number of aliphatic hydroxyl groups is 1. The predicted octanol–water partition coefficient (Wildman–Crippen LogP) is 2.39. The minimum atomic E-state index is -0.714. The Balaban J connectivity index is 1.60. The number of halogens is 1. The van der Waals surface area contributed by atoms with E-state index < -0.39 is 6.10 Å². The molecule has 0 spiro atoms. The first-order chi connectivity index (χ1) is 15.5. The van der Waals surface area contributed by atoms with Gasteiger partial charge in [-0.15, -0.1) is 0 Å². The zero-order valence-corrected chi connectivity index (χ0v) is 18.4. The number of nitrogens with two attached hydrogens (primary N) is 1. The van der Waals surface area contributed by atoms with Crippen LogP contribution < -0.4 is 15.8 Å². The molecular formula is C22H24ClN7O2. The molecule has 0 amide bonds. The zero-order chi connectivity index (χ0) is 22.2. The van der Waals surface area contributed by atoms with Crippen molar-refractivity contribution in [3.63, 3.8) is 0 Å². The fraction of sp³-hybridized carbons (Fsp3) is 0.318. The summed E-state index contributed by atoms with van der Waals surface area (Å²) in [7, 11) is 0. The fourth-order valence-corrected chi connectivity index (χ4v) is 4.36. The second kappa shape index (κ2) is 8.42. The Morgan fingerprint density at radius 1 is 1.34 bits per heavy atom. The zero-order valence-electron chi connectivity index (χ0n) is 17.6. The summed E-state index contributed by atoms with van der Waals surface area (Å²) in [4.78, 5) is 4.29. The summed E-state index contributed by atoms with van der Waals surface area (Å²) in [5, 5.41) is 23.1. The molecule has 4 aromatic heterocycles. The Bertz CT molecular complexity index is 1280. The highest BCUT2D eigenvalue weighted by Gasteiger charge is 2.22. The van der Waals surface area contributed by atoms with Crippen molar-refractivity contribution in [2.45, 2.75) is 26.0 Å². The van der Waals surface area contributed by atoms with Crippen molar-refractivity contribution in [3.05, 3.63) is 58.6 Å². The lowest BCUT2D eigenvalue weighted by Crippen LogP contribution is -2.17. The molecule has 9 nitrogen and oxygen atoms in total. The van der Waals surface area contributed by atoms with Gasteiger partial charge in [0.2, 0.25) is 0 Å². The topological polar surface area (TPSA) is 116 Å². The number of aliphatic hydroxyl groups excluding tert-OH is 1. The van der Waals surface area contributed by atoms with Crippen molar-refractivity contribution < 1.29 is 9.84 Å². The van der Waals surface area contributed by atoms with Crippen LogP contribution in [0.25, 0.3) is 16.8 Å². The van der Waals surface area contributed by atoms with Gasteiger partial charge in [0.05, 0.1) is 35.8 Å². The number of nitrogens with one attached hydrogen (secondary N) is 1. The average Bonchev–Trinajstić information content (AvgIpc) is 3.21. The molecule has 0 aliphatic carbocycles. The van der Waals surface area contributed by atoms with Gasteiger partial charge in [-0.05, 0) is 30.7 Å². The van der Waals surface area contributed by atoms with Crippen LogP contribution in [-0.2, 0) is 13.0 Å². The molecule has 1 unspecified atom stereocenters. The van der Waals surface area contributed by atoms with Crippen LogP contribution in [0.1, 0.15) is 23.1 Å². The summed E-state index contributed by atoms with van der Waals surface area (Å²) in [6, 6.07) is 7.12. The molecule has 1 atom stereocenters. The van der Waals surface area contributed by atoms with Crippen molar-refractivity contribution >= 4 is 22.9 Å². The minimum absolute atomic E-state index is 0.274. The molecule has 32 heavy (non-hydrogen) atoms. The van der Waals surface area contributed by atoms with Crippen molar-refractivity contribution in [1.82, 2.24) is 29.7 Å². The van der Waals surface area contributed by atoms with Crippen LogP contribution in [-0.4, -0.2) is 49.2 Å². The van der Waals surface area contributed by atoms with Gasteiger partial charge in [0, 0.05) is 37.0 Å². The summed E-state index contributed by atoms with van der Waals surface area (Å²) in [6.45, 7) is 4.46. The average molecular weight is 454 g/mol. The Kier molecular flexibility index (Phi) is 5.46. The number of aromatic nitrogens is 5. The summed E-state index contributed by atoms with van der Waals surface area (Å²) in [6.07, 6.45) is 3.68. The van der Waals surface area contributed by atoms with E-state index in [9.17, 15) is 5.11 Å². The van der Waals surface area contributed by atoms with Gasteiger partial charge < -0.3 is 20.9 Å². The van der Waals surface area contributed by atoms with Crippen molar-refractivity contribution in [2.75, 3.05) is 25.4 Å². The first-order valence-corrected chi connectivity index (χ1v) is 10.9. The van der Waals surface area contributed by atoms with Gasteiger partial charge in [-0.1, -0.05) is 17.7 Å². The quantitative estimate of drug-likeness (QED) is 0.425. The summed E-state index contributed by atoms with van der Waals surface area (Å²) >= 11 is 6.42. The molecule has 4 N–H and O–H groups in total. The maximum Gasteiger partial charge on any atom is 0.164 e. The third kappa shape index (κ3) is 3.68. The van der Waals surface area contributed by atoms with Gasteiger partial charge in [-0.3, -0.25) is 4.68 Å². The molecule has 5 rings (SSSR count). The standard InChI is InChI=1S/C22H24ClN7O2/c1-13-17-5-6-25-7-8-29(17)28-21(13)14-9-18(22-15(23)10-26-30(22)11-14)32-19(12-31)16-3-2-4-20(24)27-16/h2-4,9-11,19,25,31H,5-8,12H2,1H3,(H2,24,27). The smallest absolute Gasteiger partial charge is 0.164 e.